The predicted octanol–water partition coefficient (Wildman–Crippen LogP) is 0.636. The monoisotopic (exact) mass is 134 g/mol. The van der Waals surface area contributed by atoms with Gasteiger partial charge in [-0.2, -0.15) is 0 Å². The third-order valence-corrected chi connectivity index (χ3v) is 1.08. The molecule has 0 aromatic heterocycles. The van der Waals surface area contributed by atoms with Crippen molar-refractivity contribution < 1.29 is 21.7 Å². The van der Waals surface area contributed by atoms with E-state index in [4.69, 9.17) is 0 Å². The van der Waals surface area contributed by atoms with Gasteiger partial charge in [0.2, 0.25) is 0 Å². The van der Waals surface area contributed by atoms with Gasteiger partial charge in [0, 0.05) is 28.3 Å². The van der Waals surface area contributed by atoms with Gasteiger partial charge in [0.1, 0.15) is 0 Å². The van der Waals surface area contributed by atoms with Crippen LogP contribution in [0.15, 0.2) is 4.99 Å². The zero-order valence-corrected chi connectivity index (χ0v) is 5.65. The molecule has 0 atom stereocenters. The van der Waals surface area contributed by atoms with E-state index in [1.165, 1.54) is 0 Å². The molecule has 32 valence electrons. The fraction of sp³-hybridized carbons (Fsp3) is 0.667. The summed E-state index contributed by atoms with van der Waals surface area (Å²) in [6.07, 6.45) is 0. The van der Waals surface area contributed by atoms with E-state index in [1.807, 2.05) is 0 Å². The average Bonchev–Trinajstić information content (AvgIpc) is 1.76. The van der Waals surface area contributed by atoms with Crippen molar-refractivity contribution in [2.24, 2.45) is 4.99 Å². The zero-order chi connectivity index (χ0) is 3.54. The van der Waals surface area contributed by atoms with Gasteiger partial charge in [-0.15, -0.1) is 0 Å². The first-order chi connectivity index (χ1) is 2.50. The summed E-state index contributed by atoms with van der Waals surface area (Å²) in [5.74, 6) is 1.14. The van der Waals surface area contributed by atoms with Crippen LogP contribution < -0.4 is 0 Å². The summed E-state index contributed by atoms with van der Waals surface area (Å²) in [5.41, 5.74) is 2.76. The third-order valence-electron chi connectivity index (χ3n) is 0.434. The second-order valence-corrected chi connectivity index (χ2v) is 1.70. The van der Waals surface area contributed by atoms with Gasteiger partial charge in [-0.3, -0.25) is 0 Å². The van der Waals surface area contributed by atoms with Crippen molar-refractivity contribution in [1.29, 1.82) is 0 Å². The van der Waals surface area contributed by atoms with Gasteiger partial charge in [-0.1, -0.05) is 0 Å². The molecule has 1 rings (SSSR count). The van der Waals surface area contributed by atoms with Crippen molar-refractivity contribution in [3.05, 3.63) is 0 Å². The van der Waals surface area contributed by atoms with Gasteiger partial charge in [0.25, 0.3) is 0 Å². The van der Waals surface area contributed by atoms with Crippen LogP contribution in [0.4, 0.5) is 0 Å². The van der Waals surface area contributed by atoms with E-state index in [0.717, 1.165) is 12.3 Å². The van der Waals surface area contributed by atoms with Crippen molar-refractivity contribution in [3.63, 3.8) is 0 Å². The molecule has 1 nitrogen and oxygen atoms in total. The number of hydrogen-bond acceptors (Lipinski definition) is 2. The maximum absolute atomic E-state index is 3.80. The van der Waals surface area contributed by atoms with Crippen LogP contribution in [0.25, 0.3) is 0 Å². The fourth-order valence-electron chi connectivity index (χ4n) is 0.228. The van der Waals surface area contributed by atoms with Crippen LogP contribution in [0, 0.1) is 0 Å². The molecule has 1 aliphatic heterocycles. The fourth-order valence-corrected chi connectivity index (χ4v) is 0.685. The van der Waals surface area contributed by atoms with E-state index in [2.05, 4.69) is 10.5 Å². The van der Waals surface area contributed by atoms with Crippen molar-refractivity contribution in [3.8, 4) is 0 Å². The van der Waals surface area contributed by atoms with Crippen LogP contribution in [0.3, 0.4) is 0 Å². The second kappa shape index (κ2) is 3.91. The number of nitrogens with zero attached hydrogens (tertiary/aromatic N) is 1. The maximum atomic E-state index is 3.80. The summed E-state index contributed by atoms with van der Waals surface area (Å²) in [4.78, 5) is 3.80. The molecule has 1 heterocycles. The van der Waals surface area contributed by atoms with E-state index < -0.39 is 0 Å². The first kappa shape index (κ1) is 6.73. The van der Waals surface area contributed by atoms with Crippen LogP contribution >= 0.6 is 11.8 Å². The van der Waals surface area contributed by atoms with Gasteiger partial charge in [0.15, 0.2) is 0 Å². The summed E-state index contributed by atoms with van der Waals surface area (Å²) in [6.45, 7) is 0.977. The predicted molar refractivity (Wildman–Crippen MR) is 24.8 cm³/mol. The molecule has 0 saturated carbocycles. The van der Waals surface area contributed by atoms with Crippen LogP contribution in [-0.2, 0) is 21.7 Å². The Morgan fingerprint density at radius 1 is 1.67 bits per heavy atom. The zero-order valence-electron chi connectivity index (χ0n) is 3.27. The van der Waals surface area contributed by atoms with E-state index in [0.29, 0.717) is 0 Å². The third kappa shape index (κ3) is 2.01. The normalized spacial score (nSPS) is 17.3. The molecule has 0 unspecified atom stereocenters. The molecule has 6 heavy (non-hydrogen) atoms. The quantitative estimate of drug-likeness (QED) is 0.349. The van der Waals surface area contributed by atoms with Gasteiger partial charge >= 0.3 is 0 Å². The average molecular weight is 134 g/mol. The summed E-state index contributed by atoms with van der Waals surface area (Å²) in [7, 11) is 0. The van der Waals surface area contributed by atoms with E-state index >= 15 is 0 Å². The molecule has 0 aliphatic carbocycles. The Balaban J connectivity index is 0.000000250. The number of thioether (sulfide) groups is 1. The van der Waals surface area contributed by atoms with Crippen molar-refractivity contribution in [2.75, 3.05) is 12.3 Å². The smallest absolute Gasteiger partial charge is 0.00735 e. The Hall–Kier alpha value is 0.734. The topological polar surface area (TPSA) is 12.4 Å². The summed E-state index contributed by atoms with van der Waals surface area (Å²) in [6, 6.07) is 0. The van der Waals surface area contributed by atoms with Gasteiger partial charge in [-0.05, 0) is 5.75 Å². The molecular weight excluding hydrogens is 130 g/mol. The Morgan fingerprint density at radius 2 is 2.50 bits per heavy atom. The molecule has 0 N–H and O–H groups in total. The second-order valence-electron chi connectivity index (χ2n) is 0.821. The Kier molecular flexibility index (Phi) is 4.39. The number of aliphatic imine (C=N–C) groups is 1. The standard InChI is InChI=1S/C3H4NS.Ti/c1-2-5-3-4-1;/h1-2H2;/q-1;. The minimum Gasteiger partial charge on any atom is -0.492 e. The first-order valence-electron chi connectivity index (χ1n) is 1.53. The number of hydrogen-bond donors (Lipinski definition) is 0. The Labute approximate surface area is 56.5 Å². The molecule has 0 fully saturated rings. The van der Waals surface area contributed by atoms with Gasteiger partial charge in [-0.25, -0.2) is 0 Å². The van der Waals surface area contributed by atoms with Crippen LogP contribution in [-0.4, -0.2) is 17.8 Å². The van der Waals surface area contributed by atoms with Crippen molar-refractivity contribution in [2.45, 2.75) is 0 Å². The molecule has 0 bridgehead atoms. The minimum absolute atomic E-state index is 0. The summed E-state index contributed by atoms with van der Waals surface area (Å²) >= 11 is 1.66. The molecule has 0 aromatic rings. The van der Waals surface area contributed by atoms with Crippen LogP contribution in [0.5, 0.6) is 0 Å². The minimum atomic E-state index is 0. The molecule has 1 aliphatic rings. The summed E-state index contributed by atoms with van der Waals surface area (Å²) in [5, 5.41) is 0. The summed E-state index contributed by atoms with van der Waals surface area (Å²) < 4.78 is 0. The molecular formula is C3H4NSTi-. The molecule has 0 spiro atoms. The molecule has 0 amide bonds. The van der Waals surface area contributed by atoms with Gasteiger partial charge < -0.3 is 22.3 Å². The van der Waals surface area contributed by atoms with Gasteiger partial charge in [0.05, 0.1) is 0 Å². The van der Waals surface area contributed by atoms with Crippen molar-refractivity contribution in [1.82, 2.24) is 0 Å². The molecule has 3 heteroatoms. The molecule has 0 aromatic carbocycles. The largest absolute Gasteiger partial charge is 0.492 e. The Morgan fingerprint density at radius 3 is 2.67 bits per heavy atom. The van der Waals surface area contributed by atoms with E-state index in [1.54, 1.807) is 11.8 Å². The molecule has 0 saturated heterocycles. The van der Waals surface area contributed by atoms with E-state index in [9.17, 15) is 0 Å². The van der Waals surface area contributed by atoms with Crippen LogP contribution in [0.2, 0.25) is 0 Å². The first-order valence-corrected chi connectivity index (χ1v) is 2.52. The number of rotatable bonds is 0. The van der Waals surface area contributed by atoms with Crippen molar-refractivity contribution >= 4 is 17.3 Å². The Bertz CT molecular complexity index is 48.8. The SMILES string of the molecule is [C-]1=NCCS1.[Ti]. The maximum Gasteiger partial charge on any atom is 0.00735 e. The molecule has 0 radical (unpaired) electrons. The van der Waals surface area contributed by atoms with Crippen LogP contribution in [0.1, 0.15) is 0 Å². The van der Waals surface area contributed by atoms with E-state index in [-0.39, 0.29) is 21.7 Å².